The second-order valence-electron chi connectivity index (χ2n) is 5.79. The average Bonchev–Trinajstić information content (AvgIpc) is 2.65. The van der Waals surface area contributed by atoms with E-state index < -0.39 is 5.91 Å². The molecule has 6 nitrogen and oxygen atoms in total. The van der Waals surface area contributed by atoms with E-state index in [-0.39, 0.29) is 11.3 Å². The van der Waals surface area contributed by atoms with E-state index in [1.165, 1.54) is 0 Å². The van der Waals surface area contributed by atoms with Crippen LogP contribution < -0.4 is 10.9 Å². The zero-order valence-corrected chi connectivity index (χ0v) is 14.5. The summed E-state index contributed by atoms with van der Waals surface area (Å²) in [5.41, 5.74) is 7.95. The molecule has 0 saturated carbocycles. The molecule has 0 aliphatic heterocycles. The van der Waals surface area contributed by atoms with Crippen LogP contribution in [0.2, 0.25) is 0 Å². The molecular weight excluding hydrogens is 328 g/mol. The van der Waals surface area contributed by atoms with Crippen LogP contribution in [0, 0.1) is 13.8 Å². The second-order valence-corrected chi connectivity index (χ2v) is 5.79. The van der Waals surface area contributed by atoms with Crippen molar-refractivity contribution in [3.8, 4) is 0 Å². The molecule has 26 heavy (non-hydrogen) atoms. The first kappa shape index (κ1) is 17.3. The first-order valence-electron chi connectivity index (χ1n) is 8.12. The van der Waals surface area contributed by atoms with Gasteiger partial charge >= 0.3 is 0 Å². The monoisotopic (exact) mass is 346 g/mol. The summed E-state index contributed by atoms with van der Waals surface area (Å²) in [6, 6.07) is 17.4. The minimum absolute atomic E-state index is 0.209. The number of benzene rings is 2. The van der Waals surface area contributed by atoms with Crippen LogP contribution in [0.25, 0.3) is 0 Å². The predicted molar refractivity (Wildman–Crippen MR) is 98.9 cm³/mol. The topological polar surface area (TPSA) is 84.0 Å². The zero-order chi connectivity index (χ0) is 18.5. The summed E-state index contributed by atoms with van der Waals surface area (Å²) in [5, 5.41) is 0. The van der Waals surface area contributed by atoms with E-state index in [2.05, 4.69) is 20.8 Å². The Hall–Kier alpha value is -3.54. The molecule has 2 N–H and O–H groups in total. The third-order valence-electron chi connectivity index (χ3n) is 3.72. The first-order valence-corrected chi connectivity index (χ1v) is 8.12. The summed E-state index contributed by atoms with van der Waals surface area (Å²) >= 11 is 0. The maximum absolute atomic E-state index is 12.7. The normalized spacial score (nSPS) is 10.2. The molecule has 1 amide bonds. The van der Waals surface area contributed by atoms with Gasteiger partial charge in [0.1, 0.15) is 0 Å². The van der Waals surface area contributed by atoms with Gasteiger partial charge in [-0.1, -0.05) is 48.5 Å². The maximum Gasteiger partial charge on any atom is 0.270 e. The molecule has 1 aromatic heterocycles. The van der Waals surface area contributed by atoms with Crippen molar-refractivity contribution in [1.29, 1.82) is 0 Å². The highest BCUT2D eigenvalue weighted by molar-refractivity contribution is 6.15. The minimum Gasteiger partial charge on any atom is -0.289 e. The van der Waals surface area contributed by atoms with E-state index in [1.54, 1.807) is 48.5 Å². The quantitative estimate of drug-likeness (QED) is 0.548. The molecule has 0 aliphatic carbocycles. The summed E-state index contributed by atoms with van der Waals surface area (Å²) in [6.07, 6.45) is 0. The zero-order valence-electron chi connectivity index (χ0n) is 14.5. The minimum atomic E-state index is -0.437. The molecular formula is C20H18N4O2. The highest BCUT2D eigenvalue weighted by Gasteiger charge is 2.18. The highest BCUT2D eigenvalue weighted by atomic mass is 16.2. The van der Waals surface area contributed by atoms with Crippen molar-refractivity contribution in [2.24, 2.45) is 0 Å². The Morgan fingerprint density at radius 3 is 2.04 bits per heavy atom. The number of nitrogens with one attached hydrogen (secondary N) is 2. The lowest BCUT2D eigenvalue weighted by Gasteiger charge is -2.11. The number of nitrogens with zero attached hydrogens (tertiary/aromatic N) is 2. The molecule has 0 bridgehead atoms. The SMILES string of the molecule is Cc1cc(C)nc(NNC(=O)c2ccccc2C(=O)c2ccccc2)n1. The fraction of sp³-hybridized carbons (Fsp3) is 0.100. The van der Waals surface area contributed by atoms with Gasteiger partial charge in [0.25, 0.3) is 5.91 Å². The van der Waals surface area contributed by atoms with Gasteiger partial charge in [-0.2, -0.15) is 0 Å². The molecule has 0 fully saturated rings. The van der Waals surface area contributed by atoms with Crippen molar-refractivity contribution in [3.63, 3.8) is 0 Å². The maximum atomic E-state index is 12.7. The summed E-state index contributed by atoms with van der Waals surface area (Å²) in [6.45, 7) is 3.69. The molecule has 0 saturated heterocycles. The second kappa shape index (κ2) is 7.57. The molecule has 0 unspecified atom stereocenters. The Bertz CT molecular complexity index is 935. The van der Waals surface area contributed by atoms with Gasteiger partial charge in [-0.05, 0) is 26.0 Å². The Morgan fingerprint density at radius 1 is 0.808 bits per heavy atom. The number of hydrogen-bond acceptors (Lipinski definition) is 5. The van der Waals surface area contributed by atoms with Crippen LogP contribution in [0.4, 0.5) is 5.95 Å². The standard InChI is InChI=1S/C20H18N4O2/c1-13-12-14(2)22-20(21-13)24-23-19(26)17-11-7-6-10-16(17)18(25)15-8-4-3-5-9-15/h3-12H,1-2H3,(H,23,26)(H,21,22,24). The van der Waals surface area contributed by atoms with Crippen molar-refractivity contribution in [3.05, 3.63) is 88.7 Å². The number of aromatic nitrogens is 2. The van der Waals surface area contributed by atoms with Gasteiger partial charge in [-0.25, -0.2) is 9.97 Å². The van der Waals surface area contributed by atoms with Crippen molar-refractivity contribution >= 4 is 17.6 Å². The van der Waals surface area contributed by atoms with Gasteiger partial charge in [0.15, 0.2) is 5.78 Å². The van der Waals surface area contributed by atoms with Gasteiger partial charge in [0.05, 0.1) is 5.56 Å². The highest BCUT2D eigenvalue weighted by Crippen LogP contribution is 2.15. The molecule has 1 heterocycles. The summed E-state index contributed by atoms with van der Waals surface area (Å²) in [7, 11) is 0. The van der Waals surface area contributed by atoms with Gasteiger partial charge in [-0.15, -0.1) is 0 Å². The van der Waals surface area contributed by atoms with E-state index in [0.29, 0.717) is 17.1 Å². The largest absolute Gasteiger partial charge is 0.289 e. The Balaban J connectivity index is 1.81. The lowest BCUT2D eigenvalue weighted by molar-refractivity contribution is 0.0950. The number of anilines is 1. The molecule has 6 heteroatoms. The Morgan fingerprint density at radius 2 is 1.38 bits per heavy atom. The van der Waals surface area contributed by atoms with Crippen molar-refractivity contribution < 1.29 is 9.59 Å². The van der Waals surface area contributed by atoms with E-state index in [4.69, 9.17) is 0 Å². The van der Waals surface area contributed by atoms with Gasteiger partial charge in [0, 0.05) is 22.5 Å². The number of carbonyl (C=O) groups excluding carboxylic acids is 2. The fourth-order valence-corrected chi connectivity index (χ4v) is 2.59. The van der Waals surface area contributed by atoms with Crippen LogP contribution >= 0.6 is 0 Å². The number of hydrazine groups is 1. The number of amides is 1. The van der Waals surface area contributed by atoms with Crippen molar-refractivity contribution in [2.75, 3.05) is 5.43 Å². The lowest BCUT2D eigenvalue weighted by Crippen LogP contribution is -2.31. The van der Waals surface area contributed by atoms with Gasteiger partial charge < -0.3 is 0 Å². The smallest absolute Gasteiger partial charge is 0.270 e. The van der Waals surface area contributed by atoms with Crippen LogP contribution in [0.5, 0.6) is 0 Å². The number of rotatable bonds is 5. The third kappa shape index (κ3) is 3.92. The average molecular weight is 346 g/mol. The van der Waals surface area contributed by atoms with Crippen LogP contribution in [0.1, 0.15) is 37.7 Å². The molecule has 2 aromatic carbocycles. The van der Waals surface area contributed by atoms with Gasteiger partial charge in [0.2, 0.25) is 5.95 Å². The molecule has 0 radical (unpaired) electrons. The van der Waals surface area contributed by atoms with Gasteiger partial charge in [-0.3, -0.25) is 20.4 Å². The molecule has 130 valence electrons. The first-order chi connectivity index (χ1) is 12.5. The molecule has 0 aliphatic rings. The van der Waals surface area contributed by atoms with Crippen LogP contribution in [0.15, 0.2) is 60.7 Å². The molecule has 0 spiro atoms. The molecule has 3 rings (SSSR count). The number of hydrogen-bond donors (Lipinski definition) is 2. The van der Waals surface area contributed by atoms with Crippen LogP contribution in [-0.4, -0.2) is 21.7 Å². The van der Waals surface area contributed by atoms with Crippen LogP contribution in [0.3, 0.4) is 0 Å². The number of carbonyl (C=O) groups is 2. The lowest BCUT2D eigenvalue weighted by atomic mass is 9.98. The fourth-order valence-electron chi connectivity index (χ4n) is 2.59. The molecule has 3 aromatic rings. The van der Waals surface area contributed by atoms with E-state index in [0.717, 1.165) is 11.4 Å². The Labute approximate surface area is 151 Å². The third-order valence-corrected chi connectivity index (χ3v) is 3.72. The summed E-state index contributed by atoms with van der Waals surface area (Å²) < 4.78 is 0. The van der Waals surface area contributed by atoms with Crippen molar-refractivity contribution in [2.45, 2.75) is 13.8 Å². The van der Waals surface area contributed by atoms with E-state index in [9.17, 15) is 9.59 Å². The molecule has 0 atom stereocenters. The number of aryl methyl sites for hydroxylation is 2. The van der Waals surface area contributed by atoms with Crippen molar-refractivity contribution in [1.82, 2.24) is 15.4 Å². The van der Waals surface area contributed by atoms with Crippen LogP contribution in [-0.2, 0) is 0 Å². The summed E-state index contributed by atoms with van der Waals surface area (Å²) in [5.74, 6) is -0.352. The Kier molecular flexibility index (Phi) is 5.03. The predicted octanol–water partition coefficient (Wildman–Crippen LogP) is 3.08. The number of ketones is 1. The van der Waals surface area contributed by atoms with E-state index >= 15 is 0 Å². The van der Waals surface area contributed by atoms with E-state index in [1.807, 2.05) is 26.0 Å². The summed E-state index contributed by atoms with van der Waals surface area (Å²) in [4.78, 5) is 33.7.